The number of rotatable bonds is 7. The van der Waals surface area contributed by atoms with Gasteiger partial charge in [-0.05, 0) is 121 Å². The Morgan fingerprint density at radius 2 is 1.40 bits per heavy atom. The molecule has 2 fully saturated rings. The summed E-state index contributed by atoms with van der Waals surface area (Å²) in [5.41, 5.74) is 12.8. The van der Waals surface area contributed by atoms with Gasteiger partial charge in [0.2, 0.25) is 0 Å². The number of hydrogen-bond donors (Lipinski definition) is 0. The van der Waals surface area contributed by atoms with Crippen LogP contribution >= 0.6 is 0 Å². The topological polar surface area (TPSA) is 44.9 Å². The zero-order chi connectivity index (χ0) is 35.2. The first-order valence-corrected chi connectivity index (χ1v) is 19.3. The van der Waals surface area contributed by atoms with Gasteiger partial charge in [0.25, 0.3) is 0 Å². The van der Waals surface area contributed by atoms with Gasteiger partial charge in [0.15, 0.2) is 0 Å². The maximum Gasteiger partial charge on any atom is 2.00 e. The van der Waals surface area contributed by atoms with E-state index in [1.165, 1.54) is 86.5 Å². The summed E-state index contributed by atoms with van der Waals surface area (Å²) in [5, 5.41) is 7.24. The van der Waals surface area contributed by atoms with E-state index in [-0.39, 0.29) is 21.1 Å². The van der Waals surface area contributed by atoms with Crippen LogP contribution in [-0.2, 0) is 21.1 Å². The van der Waals surface area contributed by atoms with Crippen LogP contribution in [0.2, 0.25) is 0 Å². The molecule has 0 atom stereocenters. The molecular weight excluding hydrogens is 832 g/mol. The monoisotopic (exact) mass is 877 g/mol. The third-order valence-electron chi connectivity index (χ3n) is 11.6. The van der Waals surface area contributed by atoms with Crippen LogP contribution in [0.3, 0.4) is 0 Å². The molecule has 0 N–H and O–H groups in total. The Morgan fingerprint density at radius 1 is 0.698 bits per heavy atom. The number of nitrogens with zero attached hydrogens (tertiary/aromatic N) is 4. The summed E-state index contributed by atoms with van der Waals surface area (Å²) in [7, 11) is 0. The van der Waals surface area contributed by atoms with Crippen LogP contribution in [0.4, 0.5) is 0 Å². The van der Waals surface area contributed by atoms with Gasteiger partial charge in [0, 0.05) is 35.0 Å². The Kier molecular flexibility index (Phi) is 10.1. The summed E-state index contributed by atoms with van der Waals surface area (Å²) in [6.45, 7) is 6.78. The average Bonchev–Trinajstić information content (AvgIpc) is 3.79. The second-order valence-electron chi connectivity index (χ2n) is 15.2. The molecule has 2 aliphatic rings. The van der Waals surface area contributed by atoms with Gasteiger partial charge in [-0.15, -0.1) is 35.7 Å². The molecule has 3 aromatic heterocycles. The Balaban J connectivity index is 0.00000400. The minimum atomic E-state index is 0. The average molecular weight is 878 g/mol. The maximum absolute atomic E-state index is 6.49. The molecule has 0 unspecified atom stereocenters. The van der Waals surface area contributed by atoms with Gasteiger partial charge >= 0.3 is 21.1 Å². The van der Waals surface area contributed by atoms with Gasteiger partial charge in [-0.25, -0.2) is 4.98 Å². The fraction of sp³-hybridized carbons (Fsp3) is 0.319. The van der Waals surface area contributed by atoms with Crippen LogP contribution in [-0.4, -0.2) is 19.3 Å². The first kappa shape index (κ1) is 35.6. The predicted octanol–water partition coefficient (Wildman–Crippen LogP) is 12.4. The Hall–Kier alpha value is -4.47. The Bertz CT molecular complexity index is 2370. The van der Waals surface area contributed by atoms with Gasteiger partial charge < -0.3 is 9.30 Å². The van der Waals surface area contributed by atoms with Gasteiger partial charge in [0.05, 0.1) is 6.20 Å². The van der Waals surface area contributed by atoms with E-state index in [0.717, 1.165) is 38.9 Å². The van der Waals surface area contributed by atoms with Crippen molar-refractivity contribution in [2.75, 3.05) is 0 Å². The molecule has 2 aliphatic carbocycles. The largest absolute Gasteiger partial charge is 2.00 e. The number of fused-ring (bicyclic) bond motifs is 3. The molecule has 9 rings (SSSR count). The molecule has 4 aromatic carbocycles. The number of ether oxygens (including phenoxy) is 1. The summed E-state index contributed by atoms with van der Waals surface area (Å²) < 4.78 is 10.6. The normalized spacial score (nSPS) is 15.5. The van der Waals surface area contributed by atoms with Crippen molar-refractivity contribution in [3.05, 3.63) is 131 Å². The van der Waals surface area contributed by atoms with Crippen molar-refractivity contribution < 1.29 is 25.8 Å². The molecule has 0 spiro atoms. The van der Waals surface area contributed by atoms with E-state index in [4.69, 9.17) is 14.8 Å². The number of aromatic nitrogens is 4. The minimum absolute atomic E-state index is 0. The van der Waals surface area contributed by atoms with E-state index in [2.05, 4.69) is 98.4 Å². The van der Waals surface area contributed by atoms with Crippen LogP contribution < -0.4 is 4.74 Å². The van der Waals surface area contributed by atoms with Crippen LogP contribution in [0, 0.1) is 32.9 Å². The van der Waals surface area contributed by atoms with Crippen LogP contribution in [0.1, 0.15) is 104 Å². The third kappa shape index (κ3) is 6.78. The molecule has 270 valence electrons. The Labute approximate surface area is 327 Å². The van der Waals surface area contributed by atoms with Gasteiger partial charge in [-0.1, -0.05) is 68.3 Å². The van der Waals surface area contributed by atoms with Crippen molar-refractivity contribution in [2.24, 2.45) is 0 Å². The van der Waals surface area contributed by atoms with E-state index in [0.29, 0.717) is 23.3 Å². The number of hydrogen-bond acceptors (Lipinski definition) is 3. The molecule has 5 nitrogen and oxygen atoms in total. The quantitative estimate of drug-likeness (QED) is 0.150. The molecule has 0 radical (unpaired) electrons. The second kappa shape index (κ2) is 15.1. The van der Waals surface area contributed by atoms with Crippen molar-refractivity contribution in [1.29, 1.82) is 0 Å². The predicted molar refractivity (Wildman–Crippen MR) is 211 cm³/mol. The van der Waals surface area contributed by atoms with Crippen molar-refractivity contribution in [3.63, 3.8) is 0 Å². The molecule has 0 bridgehead atoms. The van der Waals surface area contributed by atoms with E-state index in [1.54, 1.807) is 11.1 Å². The zero-order valence-corrected chi connectivity index (χ0v) is 33.2. The first-order chi connectivity index (χ1) is 25.5. The minimum Gasteiger partial charge on any atom is -0.509 e. The SMILES string of the molecule is Cc1ccnc(-n2c3[c-]c(Oc4[c-]c(-n5cc(-c6c(C7CCCCC7)c(C)cc(C)c6C6CCCCC6)cn5)ccc4)ccc3c3ccccc32)c1.[Pt+2]. The zero-order valence-electron chi connectivity index (χ0n) is 30.9. The van der Waals surface area contributed by atoms with Gasteiger partial charge in [-0.3, -0.25) is 4.68 Å². The second-order valence-corrected chi connectivity index (χ2v) is 15.2. The molecule has 3 heterocycles. The van der Waals surface area contributed by atoms with Crippen molar-refractivity contribution in [2.45, 2.75) is 96.8 Å². The molecule has 7 aromatic rings. The van der Waals surface area contributed by atoms with Crippen LogP contribution in [0.15, 0.2) is 91.4 Å². The number of para-hydroxylation sites is 1. The van der Waals surface area contributed by atoms with Gasteiger partial charge in [-0.2, -0.15) is 17.2 Å². The Morgan fingerprint density at radius 3 is 2.11 bits per heavy atom. The molecule has 0 amide bonds. The molecular formula is C47H46N4OPt. The smallest absolute Gasteiger partial charge is 0.509 e. The van der Waals surface area contributed by atoms with E-state index >= 15 is 0 Å². The summed E-state index contributed by atoms with van der Waals surface area (Å²) in [6.07, 6.45) is 19.3. The van der Waals surface area contributed by atoms with E-state index in [1.807, 2.05) is 35.1 Å². The summed E-state index contributed by atoms with van der Waals surface area (Å²) in [5.74, 6) is 3.35. The summed E-state index contributed by atoms with van der Waals surface area (Å²) >= 11 is 0. The molecule has 0 aliphatic heterocycles. The third-order valence-corrected chi connectivity index (χ3v) is 11.6. The van der Waals surface area contributed by atoms with Crippen LogP contribution in [0.25, 0.3) is 44.4 Å². The standard InChI is InChI=1S/C47H46N4O.Pt/c1-31-23-24-48-44(25-31)51-42-20-11-10-19-40(42)41-22-21-39(28-43(41)51)52-38-18-12-17-37(27-38)50-30-36(29-49-50)47-45(34-13-6-4-7-14-34)32(2)26-33(3)46(47)35-15-8-5-9-16-35;/h10-12,17-26,29-30,34-35H,4-9,13-16H2,1-3H3;/q-2;+2. The van der Waals surface area contributed by atoms with Crippen molar-refractivity contribution in [1.82, 2.24) is 19.3 Å². The number of benzene rings is 4. The van der Waals surface area contributed by atoms with Crippen molar-refractivity contribution in [3.8, 4) is 34.1 Å². The molecule has 2 saturated carbocycles. The van der Waals surface area contributed by atoms with E-state index in [9.17, 15) is 0 Å². The fourth-order valence-electron chi connectivity index (χ4n) is 9.31. The summed E-state index contributed by atoms with van der Waals surface area (Å²) in [6, 6.07) is 32.3. The summed E-state index contributed by atoms with van der Waals surface area (Å²) in [4.78, 5) is 4.72. The van der Waals surface area contributed by atoms with E-state index < -0.39 is 0 Å². The molecule has 53 heavy (non-hydrogen) atoms. The molecule has 6 heteroatoms. The van der Waals surface area contributed by atoms with Gasteiger partial charge in [0.1, 0.15) is 5.82 Å². The fourth-order valence-corrected chi connectivity index (χ4v) is 9.31. The molecule has 0 saturated heterocycles. The van der Waals surface area contributed by atoms with Crippen molar-refractivity contribution >= 4 is 21.8 Å². The first-order valence-electron chi connectivity index (χ1n) is 19.3. The number of aryl methyl sites for hydroxylation is 3. The van der Waals surface area contributed by atoms with Crippen LogP contribution in [0.5, 0.6) is 11.5 Å². The number of pyridine rings is 1. The maximum atomic E-state index is 6.49.